The van der Waals surface area contributed by atoms with Crippen LogP contribution in [0.5, 0.6) is 5.75 Å². The molecule has 1 aromatic carbocycles. The van der Waals surface area contributed by atoms with Gasteiger partial charge in [-0.1, -0.05) is 53.7 Å². The molecule has 0 aliphatic rings. The second-order valence-electron chi connectivity index (χ2n) is 6.86. The van der Waals surface area contributed by atoms with Gasteiger partial charge in [-0.25, -0.2) is 0 Å². The zero-order chi connectivity index (χ0) is 15.3. The molecule has 0 bridgehead atoms. The van der Waals surface area contributed by atoms with Gasteiger partial charge in [-0.05, 0) is 35.4 Å². The van der Waals surface area contributed by atoms with Crippen molar-refractivity contribution in [3.63, 3.8) is 0 Å². The Bertz CT molecular complexity index is 387. The van der Waals surface area contributed by atoms with Crippen LogP contribution in [0.15, 0.2) is 24.3 Å². The summed E-state index contributed by atoms with van der Waals surface area (Å²) in [5, 5.41) is 0. The Labute approximate surface area is 124 Å². The Kier molecular flexibility index (Phi) is 6.07. The van der Waals surface area contributed by atoms with E-state index in [1.54, 1.807) is 7.11 Å². The van der Waals surface area contributed by atoms with Crippen LogP contribution in [0, 0.1) is 11.3 Å². The van der Waals surface area contributed by atoms with Crippen molar-refractivity contribution in [3.05, 3.63) is 29.8 Å². The monoisotopic (exact) mass is 278 g/mol. The van der Waals surface area contributed by atoms with Gasteiger partial charge in [0.25, 0.3) is 0 Å². The van der Waals surface area contributed by atoms with Crippen molar-refractivity contribution >= 4 is 0 Å². The van der Waals surface area contributed by atoms with Crippen LogP contribution in [0.25, 0.3) is 0 Å². The van der Waals surface area contributed by atoms with Crippen LogP contribution < -0.4 is 4.74 Å². The molecule has 1 aromatic rings. The average molecular weight is 278 g/mol. The van der Waals surface area contributed by atoms with E-state index in [0.29, 0.717) is 11.8 Å². The normalized spacial score (nSPS) is 15.2. The number of methoxy groups -OCH3 is 1. The van der Waals surface area contributed by atoms with Crippen molar-refractivity contribution < 1.29 is 9.47 Å². The maximum atomic E-state index is 5.86. The minimum atomic E-state index is -0.189. The average Bonchev–Trinajstić information content (AvgIpc) is 2.36. The first-order chi connectivity index (χ1) is 9.29. The van der Waals surface area contributed by atoms with Crippen LogP contribution in [-0.4, -0.2) is 13.4 Å². The zero-order valence-corrected chi connectivity index (χ0v) is 14.1. The van der Waals surface area contributed by atoms with Crippen LogP contribution in [0.1, 0.15) is 59.4 Å². The first kappa shape index (κ1) is 17.0. The maximum Gasteiger partial charge on any atom is 0.201 e. The molecule has 2 heteroatoms. The van der Waals surface area contributed by atoms with Crippen LogP contribution in [-0.2, 0) is 4.74 Å². The molecule has 2 atom stereocenters. The van der Waals surface area contributed by atoms with Gasteiger partial charge in [-0.15, -0.1) is 0 Å². The van der Waals surface area contributed by atoms with Gasteiger partial charge < -0.3 is 9.47 Å². The van der Waals surface area contributed by atoms with E-state index >= 15 is 0 Å². The van der Waals surface area contributed by atoms with E-state index in [9.17, 15) is 0 Å². The van der Waals surface area contributed by atoms with E-state index in [0.717, 1.165) is 12.2 Å². The van der Waals surface area contributed by atoms with E-state index in [4.69, 9.17) is 9.47 Å². The lowest BCUT2D eigenvalue weighted by molar-refractivity contribution is -0.0833. The minimum absolute atomic E-state index is 0.189. The number of hydrogen-bond acceptors (Lipinski definition) is 2. The summed E-state index contributed by atoms with van der Waals surface area (Å²) < 4.78 is 11.2. The van der Waals surface area contributed by atoms with E-state index in [2.05, 4.69) is 65.8 Å². The van der Waals surface area contributed by atoms with Crippen molar-refractivity contribution in [2.24, 2.45) is 11.3 Å². The molecule has 0 aliphatic carbocycles. The highest BCUT2D eigenvalue weighted by molar-refractivity contribution is 5.30. The summed E-state index contributed by atoms with van der Waals surface area (Å²) in [6.45, 7) is 13.3. The van der Waals surface area contributed by atoms with Crippen LogP contribution in [0.4, 0.5) is 0 Å². The topological polar surface area (TPSA) is 18.5 Å². The molecule has 114 valence electrons. The van der Waals surface area contributed by atoms with Gasteiger partial charge in [-0.3, -0.25) is 0 Å². The predicted octanol–water partition coefficient (Wildman–Crippen LogP) is 5.23. The first-order valence-corrected chi connectivity index (χ1v) is 7.59. The molecule has 0 N–H and O–H groups in total. The highest BCUT2D eigenvalue weighted by Crippen LogP contribution is 2.38. The number of hydrogen-bond donors (Lipinski definition) is 0. The Morgan fingerprint density at radius 3 is 1.95 bits per heavy atom. The second-order valence-corrected chi connectivity index (χ2v) is 6.86. The van der Waals surface area contributed by atoms with Crippen molar-refractivity contribution in [3.8, 4) is 5.75 Å². The van der Waals surface area contributed by atoms with Crippen molar-refractivity contribution in [1.29, 1.82) is 0 Å². The number of benzene rings is 1. The van der Waals surface area contributed by atoms with E-state index in [1.807, 2.05) is 0 Å². The highest BCUT2D eigenvalue weighted by atomic mass is 16.7. The van der Waals surface area contributed by atoms with Crippen LogP contribution in [0.2, 0.25) is 0 Å². The molecule has 2 unspecified atom stereocenters. The Balaban J connectivity index is 2.83. The summed E-state index contributed by atoms with van der Waals surface area (Å²) in [4.78, 5) is 0. The Morgan fingerprint density at radius 2 is 1.60 bits per heavy atom. The maximum absolute atomic E-state index is 5.86. The van der Waals surface area contributed by atoms with E-state index < -0.39 is 0 Å². The molecule has 0 fully saturated rings. The second kappa shape index (κ2) is 7.12. The smallest absolute Gasteiger partial charge is 0.201 e. The molecule has 0 aromatic heterocycles. The fourth-order valence-corrected chi connectivity index (χ4v) is 2.72. The largest absolute Gasteiger partial charge is 0.465 e. The summed E-state index contributed by atoms with van der Waals surface area (Å²) in [6.07, 6.45) is 0.960. The number of ether oxygens (including phenoxy) is 2. The van der Waals surface area contributed by atoms with Gasteiger partial charge in [0.1, 0.15) is 5.75 Å². The third-order valence-electron chi connectivity index (χ3n) is 3.76. The SMILES string of the molecule is CCC(c1ccc(OC(OC)C(C)C)cc1)C(C)(C)C. The summed E-state index contributed by atoms with van der Waals surface area (Å²) in [6, 6.07) is 8.47. The Morgan fingerprint density at radius 1 is 1.05 bits per heavy atom. The van der Waals surface area contributed by atoms with Gasteiger partial charge in [0.15, 0.2) is 0 Å². The summed E-state index contributed by atoms with van der Waals surface area (Å²) in [5.41, 5.74) is 1.66. The lowest BCUT2D eigenvalue weighted by Gasteiger charge is -2.30. The fraction of sp³-hybridized carbons (Fsp3) is 0.667. The highest BCUT2D eigenvalue weighted by Gasteiger charge is 2.24. The summed E-state index contributed by atoms with van der Waals surface area (Å²) in [5.74, 6) is 1.77. The zero-order valence-electron chi connectivity index (χ0n) is 14.1. The van der Waals surface area contributed by atoms with Crippen molar-refractivity contribution in [2.45, 2.75) is 60.2 Å². The lowest BCUT2D eigenvalue weighted by atomic mass is 9.75. The van der Waals surface area contributed by atoms with Gasteiger partial charge in [0.05, 0.1) is 0 Å². The lowest BCUT2D eigenvalue weighted by Crippen LogP contribution is -2.25. The molecule has 0 spiro atoms. The van der Waals surface area contributed by atoms with Gasteiger partial charge in [0, 0.05) is 13.0 Å². The van der Waals surface area contributed by atoms with Gasteiger partial charge >= 0.3 is 0 Å². The molecule has 0 saturated heterocycles. The van der Waals surface area contributed by atoms with E-state index in [-0.39, 0.29) is 11.7 Å². The standard InChI is InChI=1S/C18H30O2/c1-8-16(18(4,5)6)14-9-11-15(12-10-14)20-17(19-7)13(2)3/h9-13,16-17H,8H2,1-7H3. The first-order valence-electron chi connectivity index (χ1n) is 7.59. The van der Waals surface area contributed by atoms with Crippen LogP contribution >= 0.6 is 0 Å². The molecule has 1 rings (SSSR count). The molecule has 0 amide bonds. The van der Waals surface area contributed by atoms with Crippen molar-refractivity contribution in [2.75, 3.05) is 7.11 Å². The van der Waals surface area contributed by atoms with Gasteiger partial charge in [0.2, 0.25) is 6.29 Å². The minimum Gasteiger partial charge on any atom is -0.465 e. The quantitative estimate of drug-likeness (QED) is 0.663. The van der Waals surface area contributed by atoms with Crippen molar-refractivity contribution in [1.82, 2.24) is 0 Å². The van der Waals surface area contributed by atoms with E-state index in [1.165, 1.54) is 5.56 Å². The molecule has 0 radical (unpaired) electrons. The molecular formula is C18H30O2. The molecule has 0 aliphatic heterocycles. The third-order valence-corrected chi connectivity index (χ3v) is 3.76. The molecule has 20 heavy (non-hydrogen) atoms. The third kappa shape index (κ3) is 4.52. The molecule has 2 nitrogen and oxygen atoms in total. The summed E-state index contributed by atoms with van der Waals surface area (Å²) >= 11 is 0. The molecular weight excluding hydrogens is 248 g/mol. The number of rotatable bonds is 6. The Hall–Kier alpha value is -1.02. The fourth-order valence-electron chi connectivity index (χ4n) is 2.72. The van der Waals surface area contributed by atoms with Gasteiger partial charge in [-0.2, -0.15) is 0 Å². The molecule has 0 heterocycles. The summed E-state index contributed by atoms with van der Waals surface area (Å²) in [7, 11) is 1.69. The predicted molar refractivity (Wildman–Crippen MR) is 85.2 cm³/mol. The van der Waals surface area contributed by atoms with Crippen LogP contribution in [0.3, 0.4) is 0 Å². The molecule has 0 saturated carbocycles.